The second kappa shape index (κ2) is 6.29. The van der Waals surface area contributed by atoms with Crippen molar-refractivity contribution in [3.8, 4) is 0 Å². The number of aryl methyl sites for hydroxylation is 1. The minimum absolute atomic E-state index is 0.109. The van der Waals surface area contributed by atoms with Crippen molar-refractivity contribution in [3.63, 3.8) is 0 Å². The smallest absolute Gasteiger partial charge is 0.317 e. The molecular formula is C13H16N4OS. The summed E-state index contributed by atoms with van der Waals surface area (Å²) in [5, 5.41) is 5.81. The predicted molar refractivity (Wildman–Crippen MR) is 74.8 cm³/mol. The van der Waals surface area contributed by atoms with Crippen LogP contribution < -0.4 is 5.32 Å². The Morgan fingerprint density at radius 1 is 1.42 bits per heavy atom. The third-order valence-electron chi connectivity index (χ3n) is 2.60. The van der Waals surface area contributed by atoms with Gasteiger partial charge in [-0.3, -0.25) is 4.98 Å². The molecule has 0 atom stereocenters. The van der Waals surface area contributed by atoms with Gasteiger partial charge in [0.15, 0.2) is 0 Å². The van der Waals surface area contributed by atoms with Gasteiger partial charge in [0.2, 0.25) is 0 Å². The number of pyridine rings is 1. The Morgan fingerprint density at radius 2 is 2.16 bits per heavy atom. The van der Waals surface area contributed by atoms with Crippen LogP contribution in [0.2, 0.25) is 0 Å². The molecule has 19 heavy (non-hydrogen) atoms. The van der Waals surface area contributed by atoms with E-state index in [1.807, 2.05) is 24.4 Å². The number of carbonyl (C=O) groups excluding carboxylic acids is 1. The molecule has 2 aromatic rings. The van der Waals surface area contributed by atoms with Crippen molar-refractivity contribution in [2.45, 2.75) is 20.0 Å². The molecule has 2 aromatic heterocycles. The van der Waals surface area contributed by atoms with Gasteiger partial charge in [-0.15, -0.1) is 11.3 Å². The van der Waals surface area contributed by atoms with Crippen LogP contribution in [0.25, 0.3) is 0 Å². The largest absolute Gasteiger partial charge is 0.332 e. The van der Waals surface area contributed by atoms with Crippen LogP contribution in [0.15, 0.2) is 29.9 Å². The fourth-order valence-corrected chi connectivity index (χ4v) is 2.24. The lowest BCUT2D eigenvalue weighted by molar-refractivity contribution is 0.206. The van der Waals surface area contributed by atoms with Crippen LogP contribution in [0.1, 0.15) is 16.3 Å². The van der Waals surface area contributed by atoms with Crippen molar-refractivity contribution in [2.24, 2.45) is 0 Å². The molecule has 0 aliphatic heterocycles. The van der Waals surface area contributed by atoms with Gasteiger partial charge < -0.3 is 10.2 Å². The molecule has 0 saturated heterocycles. The lowest BCUT2D eigenvalue weighted by Gasteiger charge is -2.17. The molecule has 0 unspecified atom stereocenters. The molecule has 0 fully saturated rings. The predicted octanol–water partition coefficient (Wildman–Crippen LogP) is 2.19. The molecule has 2 rings (SSSR count). The summed E-state index contributed by atoms with van der Waals surface area (Å²) in [6.45, 7) is 2.97. The van der Waals surface area contributed by atoms with Gasteiger partial charge in [-0.05, 0) is 24.6 Å². The van der Waals surface area contributed by atoms with Crippen molar-refractivity contribution in [3.05, 3.63) is 46.2 Å². The molecule has 100 valence electrons. The van der Waals surface area contributed by atoms with Gasteiger partial charge in [0, 0.05) is 31.4 Å². The molecule has 0 spiro atoms. The van der Waals surface area contributed by atoms with Gasteiger partial charge in [0.1, 0.15) is 0 Å². The molecule has 6 heteroatoms. The normalized spacial score (nSPS) is 10.2. The Kier molecular flexibility index (Phi) is 4.46. The average Bonchev–Trinajstić information content (AvgIpc) is 2.83. The lowest BCUT2D eigenvalue weighted by atomic mass is 10.2. The number of nitrogens with one attached hydrogen (secondary N) is 1. The maximum absolute atomic E-state index is 11.9. The zero-order chi connectivity index (χ0) is 13.7. The average molecular weight is 276 g/mol. The van der Waals surface area contributed by atoms with E-state index < -0.39 is 0 Å². The van der Waals surface area contributed by atoms with E-state index in [1.54, 1.807) is 35.7 Å². The van der Waals surface area contributed by atoms with E-state index >= 15 is 0 Å². The lowest BCUT2D eigenvalue weighted by Crippen LogP contribution is -2.36. The number of hydrogen-bond donors (Lipinski definition) is 1. The third kappa shape index (κ3) is 4.03. The summed E-state index contributed by atoms with van der Waals surface area (Å²) < 4.78 is 0. The quantitative estimate of drug-likeness (QED) is 0.931. The van der Waals surface area contributed by atoms with Crippen LogP contribution in [0.3, 0.4) is 0 Å². The topological polar surface area (TPSA) is 58.1 Å². The van der Waals surface area contributed by atoms with Crippen molar-refractivity contribution in [1.29, 1.82) is 0 Å². The second-order valence-corrected chi connectivity index (χ2v) is 5.29. The molecule has 0 aliphatic rings. The summed E-state index contributed by atoms with van der Waals surface area (Å²) in [4.78, 5) is 21.8. The summed E-state index contributed by atoms with van der Waals surface area (Å²) >= 11 is 1.58. The van der Waals surface area contributed by atoms with Gasteiger partial charge in [0.25, 0.3) is 0 Å². The number of thiazole rings is 1. The zero-order valence-electron chi connectivity index (χ0n) is 11.0. The first-order valence-electron chi connectivity index (χ1n) is 5.94. The molecule has 0 aromatic carbocycles. The Labute approximate surface area is 116 Å². The summed E-state index contributed by atoms with van der Waals surface area (Å²) in [5.41, 5.74) is 1.95. The molecule has 0 saturated carbocycles. The zero-order valence-corrected chi connectivity index (χ0v) is 11.8. The minimum atomic E-state index is -0.109. The van der Waals surface area contributed by atoms with Crippen LogP contribution in [0.4, 0.5) is 4.79 Å². The minimum Gasteiger partial charge on any atom is -0.332 e. The van der Waals surface area contributed by atoms with Gasteiger partial charge in [-0.25, -0.2) is 9.78 Å². The molecule has 0 radical (unpaired) electrons. The highest BCUT2D eigenvalue weighted by atomic mass is 32.1. The number of nitrogens with zero attached hydrogens (tertiary/aromatic N) is 3. The number of carbonyl (C=O) groups is 1. The number of amides is 2. The fourth-order valence-electron chi connectivity index (χ4n) is 1.62. The molecule has 2 heterocycles. The van der Waals surface area contributed by atoms with E-state index in [0.29, 0.717) is 13.1 Å². The fraction of sp³-hybridized carbons (Fsp3) is 0.308. The van der Waals surface area contributed by atoms with E-state index in [-0.39, 0.29) is 6.03 Å². The monoisotopic (exact) mass is 276 g/mol. The molecular weight excluding hydrogens is 260 g/mol. The molecule has 0 aliphatic carbocycles. The Morgan fingerprint density at radius 3 is 2.79 bits per heavy atom. The Hall–Kier alpha value is -1.95. The van der Waals surface area contributed by atoms with Crippen molar-refractivity contribution in [2.75, 3.05) is 7.05 Å². The summed E-state index contributed by atoms with van der Waals surface area (Å²) in [6, 6.07) is 3.68. The number of urea groups is 1. The van der Waals surface area contributed by atoms with Crippen LogP contribution in [-0.2, 0) is 13.1 Å². The second-order valence-electron chi connectivity index (χ2n) is 4.23. The van der Waals surface area contributed by atoms with E-state index in [1.165, 1.54) is 0 Å². The van der Waals surface area contributed by atoms with Crippen molar-refractivity contribution in [1.82, 2.24) is 20.2 Å². The van der Waals surface area contributed by atoms with Gasteiger partial charge >= 0.3 is 6.03 Å². The van der Waals surface area contributed by atoms with Gasteiger partial charge in [0.05, 0.1) is 17.2 Å². The molecule has 1 N–H and O–H groups in total. The van der Waals surface area contributed by atoms with Crippen LogP contribution in [0.5, 0.6) is 0 Å². The maximum Gasteiger partial charge on any atom is 0.317 e. The first-order chi connectivity index (χ1) is 9.15. The highest BCUT2D eigenvalue weighted by molar-refractivity contribution is 7.09. The van der Waals surface area contributed by atoms with Crippen LogP contribution in [0, 0.1) is 6.92 Å². The summed E-state index contributed by atoms with van der Waals surface area (Å²) in [7, 11) is 1.77. The van der Waals surface area contributed by atoms with E-state index in [2.05, 4.69) is 15.3 Å². The van der Waals surface area contributed by atoms with Gasteiger partial charge in [-0.2, -0.15) is 0 Å². The number of hydrogen-bond acceptors (Lipinski definition) is 4. The standard InChI is InChI=1S/C13H16N4OS/c1-10-16-12(9-19-10)7-15-13(18)17(2)8-11-3-5-14-6-4-11/h3-6,9H,7-8H2,1-2H3,(H,15,18). The maximum atomic E-state index is 11.9. The molecule has 5 nitrogen and oxygen atoms in total. The highest BCUT2D eigenvalue weighted by Crippen LogP contribution is 2.07. The van der Waals surface area contributed by atoms with E-state index in [0.717, 1.165) is 16.3 Å². The number of rotatable bonds is 4. The molecule has 2 amide bonds. The highest BCUT2D eigenvalue weighted by Gasteiger charge is 2.09. The van der Waals surface area contributed by atoms with Crippen molar-refractivity contribution < 1.29 is 4.79 Å². The summed E-state index contributed by atoms with van der Waals surface area (Å²) in [6.07, 6.45) is 3.44. The Balaban J connectivity index is 1.82. The first kappa shape index (κ1) is 13.5. The van der Waals surface area contributed by atoms with E-state index in [4.69, 9.17) is 0 Å². The van der Waals surface area contributed by atoms with Crippen molar-refractivity contribution >= 4 is 17.4 Å². The van der Waals surface area contributed by atoms with Gasteiger partial charge in [-0.1, -0.05) is 0 Å². The molecule has 0 bridgehead atoms. The first-order valence-corrected chi connectivity index (χ1v) is 6.82. The summed E-state index contributed by atoms with van der Waals surface area (Å²) in [5.74, 6) is 0. The SMILES string of the molecule is Cc1nc(CNC(=O)N(C)Cc2ccncc2)cs1. The van der Waals surface area contributed by atoms with Crippen LogP contribution in [-0.4, -0.2) is 27.9 Å². The van der Waals surface area contributed by atoms with E-state index in [9.17, 15) is 4.79 Å². The Bertz CT molecular complexity index is 541. The number of aromatic nitrogens is 2. The van der Waals surface area contributed by atoms with Crippen LogP contribution >= 0.6 is 11.3 Å². The third-order valence-corrected chi connectivity index (χ3v) is 3.43.